The van der Waals surface area contributed by atoms with Gasteiger partial charge < -0.3 is 34.3 Å². The molecule has 0 heterocycles. The topological polar surface area (TPSA) is 104 Å². The van der Waals surface area contributed by atoms with E-state index in [9.17, 15) is 9.59 Å². The van der Waals surface area contributed by atoms with E-state index in [1.54, 1.807) is 50.6 Å². The molecule has 0 unspecified atom stereocenters. The molecule has 0 atom stereocenters. The van der Waals surface area contributed by atoms with Crippen LogP contribution in [0, 0.1) is 0 Å². The monoisotopic (exact) mass is 606 g/mol. The summed E-state index contributed by atoms with van der Waals surface area (Å²) >= 11 is 0. The van der Waals surface area contributed by atoms with Gasteiger partial charge in [-0.05, 0) is 67.6 Å². The molecule has 0 aliphatic heterocycles. The molecule has 3 rings (SSSR count). The summed E-state index contributed by atoms with van der Waals surface area (Å²) in [5.74, 6) is 2.72. The largest absolute Gasteiger partial charge is 0.497 e. The van der Waals surface area contributed by atoms with Gasteiger partial charge in [0.15, 0.2) is 0 Å². The number of benzene rings is 3. The summed E-state index contributed by atoms with van der Waals surface area (Å²) in [5, 5.41) is 5.92. The Bertz CT molecular complexity index is 1310. The Labute approximate surface area is 261 Å². The number of rotatable bonds is 20. The highest BCUT2D eigenvalue weighted by Crippen LogP contribution is 2.26. The lowest BCUT2D eigenvalue weighted by Crippen LogP contribution is -2.26. The SMILES string of the molecule is CCCCOc1cc(OC)ccc1C(=O)NCCCOc1ccc(CCNC(=O)c2ccc(OC)cc2OCCCC)cc1. The number of nitrogens with one attached hydrogen (secondary N) is 2. The first-order valence-electron chi connectivity index (χ1n) is 15.4. The van der Waals surface area contributed by atoms with Crippen LogP contribution in [0.3, 0.4) is 0 Å². The number of methoxy groups -OCH3 is 2. The fourth-order valence-corrected chi connectivity index (χ4v) is 4.25. The standard InChI is InChI=1S/C35H46N2O7/c1-5-7-21-43-32-24-28(40-3)14-16-30(32)34(38)36-19-9-23-42-27-12-10-26(11-13-27)18-20-37-35(39)31-17-15-29(41-4)25-33(31)44-22-8-6-2/h10-17,24-25H,5-9,18-23H2,1-4H3,(H,36,38)(H,37,39). The van der Waals surface area contributed by atoms with Crippen LogP contribution in [0.1, 0.15) is 72.2 Å². The van der Waals surface area contributed by atoms with E-state index in [0.717, 1.165) is 37.0 Å². The number of unbranched alkanes of at least 4 members (excludes halogenated alkanes) is 2. The molecule has 0 spiro atoms. The summed E-state index contributed by atoms with van der Waals surface area (Å²) in [6.07, 6.45) is 5.17. The van der Waals surface area contributed by atoms with Crippen LogP contribution >= 0.6 is 0 Å². The van der Waals surface area contributed by atoms with Gasteiger partial charge in [0.25, 0.3) is 11.8 Å². The molecule has 3 aromatic carbocycles. The van der Waals surface area contributed by atoms with Gasteiger partial charge in [-0.25, -0.2) is 0 Å². The highest BCUT2D eigenvalue weighted by Gasteiger charge is 2.15. The quantitative estimate of drug-likeness (QED) is 0.147. The molecule has 0 radical (unpaired) electrons. The van der Waals surface area contributed by atoms with E-state index >= 15 is 0 Å². The first kappa shape index (κ1) is 34.1. The van der Waals surface area contributed by atoms with Crippen molar-refractivity contribution in [2.75, 3.05) is 47.1 Å². The minimum atomic E-state index is -0.192. The molecule has 9 heteroatoms. The second kappa shape index (κ2) is 19.0. The third kappa shape index (κ3) is 11.0. The van der Waals surface area contributed by atoms with E-state index < -0.39 is 0 Å². The normalized spacial score (nSPS) is 10.5. The maximum Gasteiger partial charge on any atom is 0.255 e. The average Bonchev–Trinajstić information content (AvgIpc) is 3.05. The Balaban J connectivity index is 1.39. The molecule has 3 aromatic rings. The molecule has 238 valence electrons. The summed E-state index contributed by atoms with van der Waals surface area (Å²) in [7, 11) is 3.18. The molecule has 0 fully saturated rings. The predicted molar refractivity (Wildman–Crippen MR) is 172 cm³/mol. The van der Waals surface area contributed by atoms with Crippen LogP contribution in [0.5, 0.6) is 28.7 Å². The lowest BCUT2D eigenvalue weighted by Gasteiger charge is -2.13. The molecule has 0 aliphatic carbocycles. The van der Waals surface area contributed by atoms with Crippen molar-refractivity contribution in [3.8, 4) is 28.7 Å². The van der Waals surface area contributed by atoms with Crippen LogP contribution in [0.4, 0.5) is 0 Å². The summed E-state index contributed by atoms with van der Waals surface area (Å²) in [6, 6.07) is 18.3. The van der Waals surface area contributed by atoms with E-state index in [1.165, 1.54) is 0 Å². The summed E-state index contributed by atoms with van der Waals surface area (Å²) in [5.41, 5.74) is 2.06. The molecular weight excluding hydrogens is 560 g/mol. The summed E-state index contributed by atoms with van der Waals surface area (Å²) < 4.78 is 28.1. The Morgan fingerprint density at radius 2 is 1.07 bits per heavy atom. The van der Waals surface area contributed by atoms with Gasteiger partial charge in [0.2, 0.25) is 0 Å². The van der Waals surface area contributed by atoms with Gasteiger partial charge >= 0.3 is 0 Å². The molecule has 0 saturated carbocycles. The maximum atomic E-state index is 12.8. The Morgan fingerprint density at radius 3 is 1.57 bits per heavy atom. The van der Waals surface area contributed by atoms with Crippen LogP contribution < -0.4 is 34.3 Å². The first-order chi connectivity index (χ1) is 21.5. The van der Waals surface area contributed by atoms with Crippen molar-refractivity contribution in [2.45, 2.75) is 52.4 Å². The minimum Gasteiger partial charge on any atom is -0.497 e. The van der Waals surface area contributed by atoms with Gasteiger partial charge in [0.05, 0.1) is 45.2 Å². The number of carbonyl (C=O) groups excluding carboxylic acids is 2. The molecule has 2 N–H and O–H groups in total. The number of hydrogen-bond donors (Lipinski definition) is 2. The Kier molecular flexibility index (Phi) is 14.7. The maximum absolute atomic E-state index is 12.8. The van der Waals surface area contributed by atoms with E-state index in [0.29, 0.717) is 79.9 Å². The summed E-state index contributed by atoms with van der Waals surface area (Å²) in [4.78, 5) is 25.6. The third-order valence-electron chi connectivity index (χ3n) is 6.88. The molecule has 9 nitrogen and oxygen atoms in total. The van der Waals surface area contributed by atoms with Crippen molar-refractivity contribution < 1.29 is 33.3 Å². The van der Waals surface area contributed by atoms with E-state index in [-0.39, 0.29) is 11.8 Å². The van der Waals surface area contributed by atoms with Crippen molar-refractivity contribution in [1.82, 2.24) is 10.6 Å². The predicted octanol–water partition coefficient (Wildman–Crippen LogP) is 6.23. The molecule has 0 saturated heterocycles. The fourth-order valence-electron chi connectivity index (χ4n) is 4.25. The fraction of sp³-hybridized carbons (Fsp3) is 0.429. The highest BCUT2D eigenvalue weighted by molar-refractivity contribution is 5.97. The van der Waals surface area contributed by atoms with Crippen molar-refractivity contribution >= 4 is 11.8 Å². The van der Waals surface area contributed by atoms with Gasteiger partial charge in [-0.15, -0.1) is 0 Å². The van der Waals surface area contributed by atoms with Crippen molar-refractivity contribution in [1.29, 1.82) is 0 Å². The van der Waals surface area contributed by atoms with E-state index in [4.69, 9.17) is 23.7 Å². The van der Waals surface area contributed by atoms with Crippen LogP contribution in [-0.4, -0.2) is 58.9 Å². The molecule has 0 aliphatic rings. The molecular formula is C35H46N2O7. The lowest BCUT2D eigenvalue weighted by atomic mass is 10.1. The third-order valence-corrected chi connectivity index (χ3v) is 6.88. The van der Waals surface area contributed by atoms with Gasteiger partial charge in [0.1, 0.15) is 28.7 Å². The number of hydrogen-bond acceptors (Lipinski definition) is 7. The highest BCUT2D eigenvalue weighted by atomic mass is 16.5. The van der Waals surface area contributed by atoms with Crippen molar-refractivity contribution in [2.24, 2.45) is 0 Å². The van der Waals surface area contributed by atoms with Gasteiger partial charge in [-0.2, -0.15) is 0 Å². The van der Waals surface area contributed by atoms with Crippen LogP contribution in [0.2, 0.25) is 0 Å². The van der Waals surface area contributed by atoms with Crippen LogP contribution in [-0.2, 0) is 6.42 Å². The minimum absolute atomic E-state index is 0.182. The molecule has 0 bridgehead atoms. The molecule has 0 aromatic heterocycles. The first-order valence-corrected chi connectivity index (χ1v) is 15.4. The van der Waals surface area contributed by atoms with Crippen molar-refractivity contribution in [3.63, 3.8) is 0 Å². The molecule has 44 heavy (non-hydrogen) atoms. The molecule has 2 amide bonds. The van der Waals surface area contributed by atoms with Crippen molar-refractivity contribution in [3.05, 3.63) is 77.4 Å². The lowest BCUT2D eigenvalue weighted by molar-refractivity contribution is 0.0939. The zero-order valence-electron chi connectivity index (χ0n) is 26.4. The second-order valence-electron chi connectivity index (χ2n) is 10.2. The average molecular weight is 607 g/mol. The van der Waals surface area contributed by atoms with Crippen LogP contribution in [0.25, 0.3) is 0 Å². The van der Waals surface area contributed by atoms with Gasteiger partial charge in [-0.3, -0.25) is 9.59 Å². The second-order valence-corrected chi connectivity index (χ2v) is 10.2. The van der Waals surface area contributed by atoms with Gasteiger partial charge in [-0.1, -0.05) is 38.8 Å². The van der Waals surface area contributed by atoms with Crippen LogP contribution in [0.15, 0.2) is 60.7 Å². The Hall–Kier alpha value is -4.40. The zero-order chi connectivity index (χ0) is 31.6. The number of carbonyl (C=O) groups is 2. The van der Waals surface area contributed by atoms with Gasteiger partial charge in [0, 0.05) is 25.2 Å². The Morgan fingerprint density at radius 1 is 0.591 bits per heavy atom. The van der Waals surface area contributed by atoms with E-state index in [2.05, 4.69) is 24.5 Å². The number of ether oxygens (including phenoxy) is 5. The summed E-state index contributed by atoms with van der Waals surface area (Å²) in [6.45, 7) is 6.69. The zero-order valence-corrected chi connectivity index (χ0v) is 26.4. The smallest absolute Gasteiger partial charge is 0.255 e. The van der Waals surface area contributed by atoms with E-state index in [1.807, 2.05) is 24.3 Å². The number of amides is 2.